The molecule has 4 nitrogen and oxygen atoms in total. The fraction of sp³-hybridized carbons (Fsp3) is 0.333. The average molecular weight is 330 g/mol. The zero-order chi connectivity index (χ0) is 16.2. The molecule has 0 radical (unpaired) electrons. The molecule has 2 heterocycles. The zero-order valence-electron chi connectivity index (χ0n) is 13.2. The van der Waals surface area contributed by atoms with Gasteiger partial charge in [0.05, 0.1) is 17.4 Å². The molecule has 0 atom stereocenters. The molecule has 1 aromatic heterocycles. The summed E-state index contributed by atoms with van der Waals surface area (Å²) < 4.78 is 0. The Labute approximate surface area is 141 Å². The van der Waals surface area contributed by atoms with Crippen LogP contribution in [-0.4, -0.2) is 24.0 Å². The summed E-state index contributed by atoms with van der Waals surface area (Å²) in [5.41, 5.74) is 3.17. The van der Waals surface area contributed by atoms with Gasteiger partial charge in [0.15, 0.2) is 0 Å². The van der Waals surface area contributed by atoms with Crippen LogP contribution in [0.1, 0.15) is 35.2 Å². The molecule has 2 aromatic rings. The first-order valence-corrected chi connectivity index (χ1v) is 8.29. The highest BCUT2D eigenvalue weighted by Gasteiger charge is 2.14. The maximum atomic E-state index is 12.5. The zero-order valence-corrected chi connectivity index (χ0v) is 13.9. The first-order chi connectivity index (χ1) is 11.1. The summed E-state index contributed by atoms with van der Waals surface area (Å²) in [6, 6.07) is 7.40. The van der Waals surface area contributed by atoms with Gasteiger partial charge in [0.25, 0.3) is 5.91 Å². The standard InChI is InChI=1S/C18H20ClN3O/c1-13-16(19)6-5-7-17(13)21-18(23)14-10-15(12-20-11-14)22-8-3-2-4-9-22/h5-7,10-12H,2-4,8-9H2,1H3,(H,21,23). The molecule has 0 saturated carbocycles. The number of anilines is 2. The van der Waals surface area contributed by atoms with Crippen molar-refractivity contribution in [3.8, 4) is 0 Å². The van der Waals surface area contributed by atoms with Crippen LogP contribution in [0.25, 0.3) is 0 Å². The Bertz CT molecular complexity index is 711. The molecule has 1 fully saturated rings. The molecule has 0 spiro atoms. The highest BCUT2D eigenvalue weighted by atomic mass is 35.5. The molecule has 5 heteroatoms. The summed E-state index contributed by atoms with van der Waals surface area (Å²) in [5, 5.41) is 3.56. The third-order valence-corrected chi connectivity index (χ3v) is 4.63. The molecule has 1 amide bonds. The van der Waals surface area contributed by atoms with E-state index in [0.29, 0.717) is 10.6 Å². The fourth-order valence-corrected chi connectivity index (χ4v) is 2.99. The Kier molecular flexibility index (Phi) is 4.82. The van der Waals surface area contributed by atoms with Crippen LogP contribution in [0, 0.1) is 6.92 Å². The van der Waals surface area contributed by atoms with Crippen molar-refractivity contribution in [3.63, 3.8) is 0 Å². The van der Waals surface area contributed by atoms with Crippen LogP contribution in [0.5, 0.6) is 0 Å². The molecule has 1 aliphatic heterocycles. The summed E-state index contributed by atoms with van der Waals surface area (Å²) in [7, 11) is 0. The van der Waals surface area contributed by atoms with Crippen molar-refractivity contribution in [1.82, 2.24) is 4.98 Å². The van der Waals surface area contributed by atoms with E-state index in [2.05, 4.69) is 15.2 Å². The van der Waals surface area contributed by atoms with Crippen LogP contribution in [0.2, 0.25) is 5.02 Å². The lowest BCUT2D eigenvalue weighted by Crippen LogP contribution is -2.29. The molecule has 23 heavy (non-hydrogen) atoms. The minimum Gasteiger partial charge on any atom is -0.370 e. The Balaban J connectivity index is 1.78. The van der Waals surface area contributed by atoms with Crippen LogP contribution >= 0.6 is 11.6 Å². The van der Waals surface area contributed by atoms with Crippen molar-refractivity contribution in [3.05, 3.63) is 52.8 Å². The van der Waals surface area contributed by atoms with E-state index in [4.69, 9.17) is 11.6 Å². The number of hydrogen-bond donors (Lipinski definition) is 1. The van der Waals surface area contributed by atoms with Gasteiger partial charge in [-0.2, -0.15) is 0 Å². The van der Waals surface area contributed by atoms with E-state index < -0.39 is 0 Å². The number of piperidine rings is 1. The van der Waals surface area contributed by atoms with E-state index >= 15 is 0 Å². The number of amides is 1. The van der Waals surface area contributed by atoms with E-state index in [9.17, 15) is 4.79 Å². The fourth-order valence-electron chi connectivity index (χ4n) is 2.81. The second-order valence-electron chi connectivity index (χ2n) is 5.85. The van der Waals surface area contributed by atoms with E-state index in [-0.39, 0.29) is 5.91 Å². The van der Waals surface area contributed by atoms with Gasteiger partial charge >= 0.3 is 0 Å². The van der Waals surface area contributed by atoms with Crippen LogP contribution in [0.3, 0.4) is 0 Å². The molecule has 0 bridgehead atoms. The third kappa shape index (κ3) is 3.64. The van der Waals surface area contributed by atoms with Gasteiger partial charge in [0.2, 0.25) is 0 Å². The lowest BCUT2D eigenvalue weighted by atomic mass is 10.1. The molecular formula is C18H20ClN3O. The van der Waals surface area contributed by atoms with Gasteiger partial charge in [-0.25, -0.2) is 0 Å². The van der Waals surface area contributed by atoms with E-state index in [1.165, 1.54) is 19.3 Å². The molecule has 0 unspecified atom stereocenters. The van der Waals surface area contributed by atoms with Crippen molar-refractivity contribution in [1.29, 1.82) is 0 Å². The van der Waals surface area contributed by atoms with Gasteiger partial charge in [-0.15, -0.1) is 0 Å². The molecule has 1 aromatic carbocycles. The van der Waals surface area contributed by atoms with Gasteiger partial charge in [-0.3, -0.25) is 9.78 Å². The van der Waals surface area contributed by atoms with E-state index in [0.717, 1.165) is 30.0 Å². The molecule has 1 N–H and O–H groups in total. The van der Waals surface area contributed by atoms with Crippen LogP contribution < -0.4 is 10.2 Å². The van der Waals surface area contributed by atoms with Gasteiger partial charge in [0.1, 0.15) is 0 Å². The Morgan fingerprint density at radius 2 is 2.00 bits per heavy atom. The number of carbonyl (C=O) groups excluding carboxylic acids is 1. The summed E-state index contributed by atoms with van der Waals surface area (Å²) in [6.45, 7) is 3.95. The summed E-state index contributed by atoms with van der Waals surface area (Å²) in [5.74, 6) is -0.165. The highest BCUT2D eigenvalue weighted by Crippen LogP contribution is 2.24. The number of halogens is 1. The Hall–Kier alpha value is -2.07. The number of pyridine rings is 1. The summed E-state index contributed by atoms with van der Waals surface area (Å²) >= 11 is 6.10. The van der Waals surface area contributed by atoms with Crippen LogP contribution in [0.15, 0.2) is 36.7 Å². The largest absolute Gasteiger partial charge is 0.370 e. The van der Waals surface area contributed by atoms with Crippen LogP contribution in [-0.2, 0) is 0 Å². The van der Waals surface area contributed by atoms with Crippen LogP contribution in [0.4, 0.5) is 11.4 Å². The first-order valence-electron chi connectivity index (χ1n) is 7.91. The smallest absolute Gasteiger partial charge is 0.257 e. The van der Waals surface area contributed by atoms with Crippen molar-refractivity contribution in [2.45, 2.75) is 26.2 Å². The topological polar surface area (TPSA) is 45.2 Å². The van der Waals surface area contributed by atoms with Gasteiger partial charge in [0, 0.05) is 30.0 Å². The molecule has 0 aliphatic carbocycles. The second-order valence-corrected chi connectivity index (χ2v) is 6.25. The van der Waals surface area contributed by atoms with Gasteiger partial charge in [-0.1, -0.05) is 17.7 Å². The quantitative estimate of drug-likeness (QED) is 0.913. The lowest BCUT2D eigenvalue weighted by Gasteiger charge is -2.28. The normalized spacial score (nSPS) is 14.6. The van der Waals surface area contributed by atoms with Crippen molar-refractivity contribution >= 4 is 28.9 Å². The summed E-state index contributed by atoms with van der Waals surface area (Å²) in [6.07, 6.45) is 7.09. The summed E-state index contributed by atoms with van der Waals surface area (Å²) in [4.78, 5) is 19.0. The van der Waals surface area contributed by atoms with E-state index in [1.54, 1.807) is 6.20 Å². The maximum absolute atomic E-state index is 12.5. The van der Waals surface area contributed by atoms with Gasteiger partial charge in [-0.05, 0) is 49.9 Å². The molecule has 1 saturated heterocycles. The number of nitrogens with one attached hydrogen (secondary N) is 1. The number of carbonyl (C=O) groups is 1. The first kappa shape index (κ1) is 15.8. The minimum absolute atomic E-state index is 0.165. The average Bonchev–Trinajstić information content (AvgIpc) is 2.60. The molecular weight excluding hydrogens is 310 g/mol. The number of rotatable bonds is 3. The second kappa shape index (κ2) is 7.01. The monoisotopic (exact) mass is 329 g/mol. The van der Waals surface area contributed by atoms with Crippen molar-refractivity contribution < 1.29 is 4.79 Å². The number of hydrogen-bond acceptors (Lipinski definition) is 3. The third-order valence-electron chi connectivity index (χ3n) is 4.22. The number of benzene rings is 1. The Morgan fingerprint density at radius 3 is 2.78 bits per heavy atom. The molecule has 120 valence electrons. The Morgan fingerprint density at radius 1 is 1.22 bits per heavy atom. The number of nitrogens with zero attached hydrogens (tertiary/aromatic N) is 2. The lowest BCUT2D eigenvalue weighted by molar-refractivity contribution is 0.102. The van der Waals surface area contributed by atoms with Crippen molar-refractivity contribution in [2.24, 2.45) is 0 Å². The maximum Gasteiger partial charge on any atom is 0.257 e. The SMILES string of the molecule is Cc1c(Cl)cccc1NC(=O)c1cncc(N2CCCCC2)c1. The van der Waals surface area contributed by atoms with E-state index in [1.807, 2.05) is 37.4 Å². The predicted molar refractivity (Wildman–Crippen MR) is 94.4 cm³/mol. The minimum atomic E-state index is -0.165. The number of aromatic nitrogens is 1. The highest BCUT2D eigenvalue weighted by molar-refractivity contribution is 6.31. The van der Waals surface area contributed by atoms with Crippen molar-refractivity contribution in [2.75, 3.05) is 23.3 Å². The molecule has 1 aliphatic rings. The predicted octanol–water partition coefficient (Wildman–Crippen LogP) is 4.29. The van der Waals surface area contributed by atoms with Gasteiger partial charge < -0.3 is 10.2 Å². The molecule has 3 rings (SSSR count).